The number of fused-ring (bicyclic) bond motifs is 1. The zero-order valence-corrected chi connectivity index (χ0v) is 44.2. The normalized spacial score (nSPS) is 15.1. The van der Waals surface area contributed by atoms with Crippen molar-refractivity contribution in [3.05, 3.63) is 102 Å². The number of hydrogen-bond acceptors (Lipinski definition) is 16. The second kappa shape index (κ2) is 26.9. The number of β-amino-alcohol motifs (C(OH)–C–C–N with tert-alkyl or cyclic N) is 1. The summed E-state index contributed by atoms with van der Waals surface area (Å²) in [5, 5.41) is 20.6. The molecule has 0 unspecified atom stereocenters. The molecular formula is C54H68N8O9S2. The van der Waals surface area contributed by atoms with Crippen molar-refractivity contribution in [3.63, 3.8) is 0 Å². The van der Waals surface area contributed by atoms with E-state index in [1.54, 1.807) is 22.7 Å². The Balaban J connectivity index is 0.684. The van der Waals surface area contributed by atoms with Gasteiger partial charge in [0.25, 0.3) is 0 Å². The standard InChI is InChI=1S/C54H68N8O9S2/c1-36-49(72-35-58-36)39-9-7-37(8-10-39)31-57-51(65)45-30-43(63)33-62(45)53(66)50(54(2,3)4)60-48(64)34-71-28-27-70-26-25-69-24-23-68-22-21-67-20-19-55-47-18-15-41(32-56-47)38-11-13-40(14-12-38)52-59-44-17-16-42(61(5)6)29-46(44)73-52/h7-18,29,32,35,43,45,50,63H,19-28,30-31,33-34H2,1-6H3,(H,55,56)(H,57,65)(H,60,64)/t43-,45+,50-/m0/s1. The molecule has 3 atom stereocenters. The van der Waals surface area contributed by atoms with Gasteiger partial charge in [-0.2, -0.15) is 0 Å². The lowest BCUT2D eigenvalue weighted by Crippen LogP contribution is -2.58. The Morgan fingerprint density at radius 3 is 2.04 bits per heavy atom. The average Bonchev–Trinajstić information content (AvgIpc) is 4.13. The summed E-state index contributed by atoms with van der Waals surface area (Å²) in [6.45, 7) is 11.4. The topological polar surface area (TPSA) is 199 Å². The lowest BCUT2D eigenvalue weighted by atomic mass is 9.85. The minimum absolute atomic E-state index is 0.0125. The molecule has 0 saturated carbocycles. The van der Waals surface area contributed by atoms with Crippen LogP contribution in [0.15, 0.2) is 90.6 Å². The number of likely N-dealkylation sites (tertiary alicyclic amines) is 1. The highest BCUT2D eigenvalue weighted by atomic mass is 32.1. The number of aliphatic hydroxyl groups is 1. The molecule has 390 valence electrons. The monoisotopic (exact) mass is 1040 g/mol. The third-order valence-electron chi connectivity index (χ3n) is 12.1. The van der Waals surface area contributed by atoms with Crippen molar-refractivity contribution in [2.45, 2.75) is 58.8 Å². The number of hydrogen-bond donors (Lipinski definition) is 4. The highest BCUT2D eigenvalue weighted by molar-refractivity contribution is 7.21. The summed E-state index contributed by atoms with van der Waals surface area (Å²) in [4.78, 5) is 58.6. The number of amides is 3. The lowest BCUT2D eigenvalue weighted by molar-refractivity contribution is -0.144. The van der Waals surface area contributed by atoms with Crippen molar-refractivity contribution in [2.24, 2.45) is 5.41 Å². The largest absolute Gasteiger partial charge is 0.391 e. The predicted molar refractivity (Wildman–Crippen MR) is 287 cm³/mol. The number of carbonyl (C=O) groups is 3. The van der Waals surface area contributed by atoms with E-state index in [0.717, 1.165) is 60.4 Å². The molecule has 7 rings (SSSR count). The summed E-state index contributed by atoms with van der Waals surface area (Å²) in [5.41, 5.74) is 9.42. The molecule has 1 saturated heterocycles. The van der Waals surface area contributed by atoms with Gasteiger partial charge in [0.05, 0.1) is 91.9 Å². The van der Waals surface area contributed by atoms with Crippen LogP contribution in [0, 0.1) is 12.3 Å². The van der Waals surface area contributed by atoms with Crippen molar-refractivity contribution < 1.29 is 43.2 Å². The van der Waals surface area contributed by atoms with E-state index in [2.05, 4.69) is 79.3 Å². The van der Waals surface area contributed by atoms with Crippen molar-refractivity contribution in [1.29, 1.82) is 0 Å². The molecule has 1 aliphatic rings. The molecule has 4 N–H and O–H groups in total. The van der Waals surface area contributed by atoms with Crippen LogP contribution in [0.1, 0.15) is 38.4 Å². The van der Waals surface area contributed by atoms with Gasteiger partial charge in [-0.1, -0.05) is 69.3 Å². The van der Waals surface area contributed by atoms with Crippen molar-refractivity contribution in [1.82, 2.24) is 30.5 Å². The number of aryl methyl sites for hydroxylation is 1. The van der Waals surface area contributed by atoms with Gasteiger partial charge in [-0.25, -0.2) is 15.0 Å². The molecule has 0 spiro atoms. The van der Waals surface area contributed by atoms with E-state index < -0.39 is 35.4 Å². The van der Waals surface area contributed by atoms with Crippen LogP contribution in [0.4, 0.5) is 11.5 Å². The Labute approximate surface area is 435 Å². The Hall–Kier alpha value is -5.90. The van der Waals surface area contributed by atoms with Gasteiger partial charge in [0.15, 0.2) is 0 Å². The summed E-state index contributed by atoms with van der Waals surface area (Å²) in [6, 6.07) is 24.8. The zero-order chi connectivity index (χ0) is 51.7. The number of thiazole rings is 2. The fourth-order valence-electron chi connectivity index (χ4n) is 8.07. The molecule has 19 heteroatoms. The molecule has 6 aromatic rings. The minimum atomic E-state index is -0.959. The molecule has 17 nitrogen and oxygen atoms in total. The molecule has 0 radical (unpaired) electrons. The van der Waals surface area contributed by atoms with Crippen molar-refractivity contribution >= 4 is 62.1 Å². The smallest absolute Gasteiger partial charge is 0.246 e. The van der Waals surface area contributed by atoms with Crippen LogP contribution < -0.4 is 20.9 Å². The van der Waals surface area contributed by atoms with E-state index in [0.29, 0.717) is 52.8 Å². The molecule has 3 amide bonds. The number of ether oxygens (including phenoxy) is 5. The number of nitrogens with one attached hydrogen (secondary N) is 3. The first kappa shape index (κ1) is 54.9. The van der Waals surface area contributed by atoms with Crippen LogP contribution in [0.2, 0.25) is 0 Å². The molecule has 0 bridgehead atoms. The molecule has 3 aromatic carbocycles. The first-order valence-electron chi connectivity index (χ1n) is 24.6. The number of nitrogens with zero attached hydrogens (tertiary/aromatic N) is 5. The summed E-state index contributed by atoms with van der Waals surface area (Å²) in [5.74, 6) is -0.508. The fraction of sp³-hybridized carbons (Fsp3) is 0.444. The van der Waals surface area contributed by atoms with Crippen LogP contribution in [-0.4, -0.2) is 154 Å². The number of aromatic nitrogens is 3. The number of pyridine rings is 1. The summed E-state index contributed by atoms with van der Waals surface area (Å²) >= 11 is 3.27. The number of rotatable bonds is 27. The van der Waals surface area contributed by atoms with Crippen molar-refractivity contribution in [3.8, 4) is 32.1 Å². The molecule has 73 heavy (non-hydrogen) atoms. The highest BCUT2D eigenvalue weighted by Crippen LogP contribution is 2.34. The Bertz CT molecular complexity index is 2690. The number of carbonyl (C=O) groups excluding carboxylic acids is 3. The van der Waals surface area contributed by atoms with E-state index in [1.165, 1.54) is 9.60 Å². The van der Waals surface area contributed by atoms with Gasteiger partial charge in [-0.05, 0) is 59.4 Å². The van der Waals surface area contributed by atoms with Gasteiger partial charge < -0.3 is 54.5 Å². The lowest BCUT2D eigenvalue weighted by Gasteiger charge is -2.35. The first-order chi connectivity index (χ1) is 35.2. The van der Waals surface area contributed by atoms with Crippen molar-refractivity contribution in [2.75, 3.05) is 103 Å². The molecule has 0 aliphatic carbocycles. The third-order valence-corrected chi connectivity index (χ3v) is 14.1. The second-order valence-electron chi connectivity index (χ2n) is 18.9. The Morgan fingerprint density at radius 2 is 1.42 bits per heavy atom. The maximum Gasteiger partial charge on any atom is 0.246 e. The Kier molecular flexibility index (Phi) is 20.2. The minimum Gasteiger partial charge on any atom is -0.391 e. The molecular weight excluding hydrogens is 969 g/mol. The molecule has 1 aliphatic heterocycles. The first-order valence-corrected chi connectivity index (χ1v) is 26.3. The zero-order valence-electron chi connectivity index (χ0n) is 42.6. The van der Waals surface area contributed by atoms with E-state index in [-0.39, 0.29) is 45.2 Å². The van der Waals surface area contributed by atoms with Gasteiger partial charge in [0.2, 0.25) is 17.7 Å². The van der Waals surface area contributed by atoms with Crippen LogP contribution in [0.25, 0.3) is 42.4 Å². The SMILES string of the molecule is Cc1ncsc1-c1ccc(CNC(=O)[C@H]2C[C@H](O)CN2C(=O)[C@H](NC(=O)COCCOCCOCCOCCOCCNc2ccc(-c3ccc(-c4nc5ccc(N(C)C)cc5s4)cc3)cn2)C(C)(C)C)cc1. The molecule has 4 heterocycles. The quantitative estimate of drug-likeness (QED) is 0.0392. The molecule has 1 fully saturated rings. The van der Waals surface area contributed by atoms with E-state index in [4.69, 9.17) is 28.7 Å². The molecule has 3 aromatic heterocycles. The van der Waals surface area contributed by atoms with E-state index in [1.807, 2.05) is 83.8 Å². The van der Waals surface area contributed by atoms with Gasteiger partial charge >= 0.3 is 0 Å². The van der Waals surface area contributed by atoms with Crippen LogP contribution in [-0.2, 0) is 44.6 Å². The third kappa shape index (κ3) is 16.0. The average molecular weight is 1040 g/mol. The van der Waals surface area contributed by atoms with Gasteiger partial charge in [-0.15, -0.1) is 22.7 Å². The van der Waals surface area contributed by atoms with E-state index >= 15 is 0 Å². The van der Waals surface area contributed by atoms with Crippen LogP contribution in [0.5, 0.6) is 0 Å². The number of aliphatic hydroxyl groups excluding tert-OH is 1. The predicted octanol–water partition coefficient (Wildman–Crippen LogP) is 6.83. The maximum atomic E-state index is 13.9. The number of anilines is 2. The fourth-order valence-corrected chi connectivity index (χ4v) is 9.88. The second-order valence-corrected chi connectivity index (χ2v) is 20.8. The van der Waals surface area contributed by atoms with Gasteiger partial charge in [0.1, 0.15) is 29.5 Å². The summed E-state index contributed by atoms with van der Waals surface area (Å²) in [6.07, 6.45) is 1.10. The Morgan fingerprint density at radius 1 is 0.795 bits per heavy atom. The van der Waals surface area contributed by atoms with Gasteiger partial charge in [0, 0.05) is 63.2 Å². The van der Waals surface area contributed by atoms with E-state index in [9.17, 15) is 19.5 Å². The summed E-state index contributed by atoms with van der Waals surface area (Å²) in [7, 11) is 4.08. The number of benzene rings is 3. The van der Waals surface area contributed by atoms with Crippen LogP contribution in [0.3, 0.4) is 0 Å². The highest BCUT2D eigenvalue weighted by Gasteiger charge is 2.44. The van der Waals surface area contributed by atoms with Gasteiger partial charge in [-0.3, -0.25) is 14.4 Å². The van der Waals surface area contributed by atoms with Crippen LogP contribution >= 0.6 is 22.7 Å². The summed E-state index contributed by atoms with van der Waals surface area (Å²) < 4.78 is 29.1. The maximum absolute atomic E-state index is 13.9.